The van der Waals surface area contributed by atoms with Crippen LogP contribution in [0.2, 0.25) is 0 Å². The molecule has 21 heavy (non-hydrogen) atoms. The molecular formula is C17H19NO3. The molecule has 0 atom stereocenters. The third kappa shape index (κ3) is 3.34. The minimum Gasteiger partial charge on any atom is -0.507 e. The second-order valence-electron chi connectivity index (χ2n) is 5.08. The monoisotopic (exact) mass is 285 g/mol. The van der Waals surface area contributed by atoms with Crippen LogP contribution in [0.1, 0.15) is 35.7 Å². The molecule has 0 heterocycles. The van der Waals surface area contributed by atoms with Crippen molar-refractivity contribution >= 4 is 11.6 Å². The number of phenols is 1. The first-order chi connectivity index (χ1) is 10.0. The van der Waals surface area contributed by atoms with Gasteiger partial charge in [0.05, 0.1) is 12.7 Å². The van der Waals surface area contributed by atoms with Crippen LogP contribution >= 0.6 is 0 Å². The van der Waals surface area contributed by atoms with E-state index in [4.69, 9.17) is 4.74 Å². The maximum Gasteiger partial charge on any atom is 0.259 e. The lowest BCUT2D eigenvalue weighted by atomic mass is 10.0. The summed E-state index contributed by atoms with van der Waals surface area (Å²) in [5.41, 5.74) is 2.03. The van der Waals surface area contributed by atoms with Crippen LogP contribution in [0.15, 0.2) is 42.5 Å². The van der Waals surface area contributed by atoms with Crippen molar-refractivity contribution in [3.63, 3.8) is 0 Å². The van der Waals surface area contributed by atoms with Crippen molar-refractivity contribution in [2.45, 2.75) is 19.8 Å². The molecule has 0 saturated carbocycles. The Morgan fingerprint density at radius 2 is 1.90 bits per heavy atom. The van der Waals surface area contributed by atoms with E-state index in [1.54, 1.807) is 12.1 Å². The van der Waals surface area contributed by atoms with Gasteiger partial charge in [-0.15, -0.1) is 0 Å². The van der Waals surface area contributed by atoms with E-state index in [0.29, 0.717) is 11.7 Å². The number of phenolic OH excluding ortho intramolecular Hbond substituents is 1. The van der Waals surface area contributed by atoms with Crippen LogP contribution in [0.3, 0.4) is 0 Å². The summed E-state index contributed by atoms with van der Waals surface area (Å²) in [6.45, 7) is 4.13. The number of para-hydroxylation sites is 1. The van der Waals surface area contributed by atoms with E-state index in [1.807, 2.05) is 24.3 Å². The molecular weight excluding hydrogens is 266 g/mol. The lowest BCUT2D eigenvalue weighted by molar-refractivity contribution is 0.102. The highest BCUT2D eigenvalue weighted by atomic mass is 16.5. The first kappa shape index (κ1) is 14.9. The molecule has 4 nitrogen and oxygen atoms in total. The van der Waals surface area contributed by atoms with Crippen molar-refractivity contribution < 1.29 is 14.6 Å². The van der Waals surface area contributed by atoms with E-state index in [9.17, 15) is 9.90 Å². The number of amides is 1. The number of hydrogen-bond donors (Lipinski definition) is 2. The van der Waals surface area contributed by atoms with Crippen molar-refractivity contribution in [2.24, 2.45) is 0 Å². The summed E-state index contributed by atoms with van der Waals surface area (Å²) >= 11 is 0. The number of benzene rings is 2. The maximum atomic E-state index is 12.3. The van der Waals surface area contributed by atoms with Crippen molar-refractivity contribution in [2.75, 3.05) is 12.4 Å². The molecule has 0 aromatic heterocycles. The van der Waals surface area contributed by atoms with Crippen LogP contribution in [0.5, 0.6) is 11.5 Å². The van der Waals surface area contributed by atoms with E-state index in [1.165, 1.54) is 13.2 Å². The quantitative estimate of drug-likeness (QED) is 0.898. The maximum absolute atomic E-state index is 12.3. The van der Waals surface area contributed by atoms with E-state index >= 15 is 0 Å². The zero-order valence-corrected chi connectivity index (χ0v) is 12.4. The number of rotatable bonds is 4. The highest BCUT2D eigenvalue weighted by Gasteiger charge is 2.14. The third-order valence-corrected chi connectivity index (χ3v) is 3.28. The molecule has 4 heteroatoms. The Morgan fingerprint density at radius 3 is 2.52 bits per heavy atom. The van der Waals surface area contributed by atoms with Crippen LogP contribution in [0.25, 0.3) is 0 Å². The first-order valence-corrected chi connectivity index (χ1v) is 6.80. The van der Waals surface area contributed by atoms with Crippen LogP contribution in [-0.4, -0.2) is 18.1 Å². The first-order valence-electron chi connectivity index (χ1n) is 6.80. The predicted molar refractivity (Wildman–Crippen MR) is 83.1 cm³/mol. The third-order valence-electron chi connectivity index (χ3n) is 3.28. The lowest BCUT2D eigenvalue weighted by Crippen LogP contribution is -2.13. The molecule has 2 N–H and O–H groups in total. The molecule has 0 aliphatic rings. The summed E-state index contributed by atoms with van der Waals surface area (Å²) in [7, 11) is 1.51. The topological polar surface area (TPSA) is 58.6 Å². The molecule has 2 rings (SSSR count). The molecule has 0 bridgehead atoms. The van der Waals surface area contributed by atoms with Gasteiger partial charge in [0.15, 0.2) is 0 Å². The normalized spacial score (nSPS) is 10.5. The molecule has 2 aromatic rings. The molecule has 0 spiro atoms. The summed E-state index contributed by atoms with van der Waals surface area (Å²) in [6.07, 6.45) is 0. The fourth-order valence-corrected chi connectivity index (χ4v) is 2.13. The minimum atomic E-state index is -0.344. The number of methoxy groups -OCH3 is 1. The summed E-state index contributed by atoms with van der Waals surface area (Å²) < 4.78 is 5.01. The average Bonchev–Trinajstić information content (AvgIpc) is 2.47. The van der Waals surface area contributed by atoms with Crippen molar-refractivity contribution in [1.82, 2.24) is 0 Å². The number of ether oxygens (including phenoxy) is 1. The molecule has 2 aromatic carbocycles. The van der Waals surface area contributed by atoms with E-state index in [-0.39, 0.29) is 17.2 Å². The second kappa shape index (κ2) is 6.31. The van der Waals surface area contributed by atoms with Gasteiger partial charge in [-0.25, -0.2) is 0 Å². The van der Waals surface area contributed by atoms with E-state index < -0.39 is 0 Å². The Morgan fingerprint density at radius 1 is 1.19 bits per heavy atom. The van der Waals surface area contributed by atoms with Gasteiger partial charge in [-0.1, -0.05) is 32.0 Å². The summed E-state index contributed by atoms with van der Waals surface area (Å²) in [6, 6.07) is 12.3. The van der Waals surface area contributed by atoms with Gasteiger partial charge < -0.3 is 15.2 Å². The van der Waals surface area contributed by atoms with Gasteiger partial charge in [0.25, 0.3) is 5.91 Å². The Labute approximate surface area is 124 Å². The standard InChI is InChI=1S/C17H19NO3/c1-11(2)13-6-4-5-7-15(13)18-17(20)14-9-8-12(21-3)10-16(14)19/h4-11,19H,1-3H3,(H,18,20). The highest BCUT2D eigenvalue weighted by Crippen LogP contribution is 2.27. The molecule has 0 fully saturated rings. The summed E-state index contributed by atoms with van der Waals surface area (Å²) in [4.78, 5) is 12.3. The smallest absolute Gasteiger partial charge is 0.259 e. The van der Waals surface area contributed by atoms with Gasteiger partial charge in [-0.3, -0.25) is 4.79 Å². The molecule has 0 saturated heterocycles. The fourth-order valence-electron chi connectivity index (χ4n) is 2.13. The number of hydrogen-bond acceptors (Lipinski definition) is 3. The molecule has 0 radical (unpaired) electrons. The van der Waals surface area contributed by atoms with Crippen molar-refractivity contribution in [3.05, 3.63) is 53.6 Å². The van der Waals surface area contributed by atoms with Gasteiger partial charge in [-0.2, -0.15) is 0 Å². The molecule has 1 amide bonds. The fraction of sp³-hybridized carbons (Fsp3) is 0.235. The molecule has 0 unspecified atom stereocenters. The Bertz CT molecular complexity index is 650. The minimum absolute atomic E-state index is 0.103. The highest BCUT2D eigenvalue weighted by molar-refractivity contribution is 6.06. The number of aromatic hydroxyl groups is 1. The van der Waals surface area contributed by atoms with Gasteiger partial charge in [-0.05, 0) is 29.7 Å². The Balaban J connectivity index is 2.26. The number of carbonyl (C=O) groups excluding carboxylic acids is 1. The average molecular weight is 285 g/mol. The number of anilines is 1. The molecule has 110 valence electrons. The molecule has 0 aliphatic heterocycles. The second-order valence-corrected chi connectivity index (χ2v) is 5.08. The summed E-state index contributed by atoms with van der Waals surface area (Å²) in [5.74, 6) is 0.356. The zero-order valence-electron chi connectivity index (χ0n) is 12.4. The van der Waals surface area contributed by atoms with Crippen molar-refractivity contribution in [3.8, 4) is 11.5 Å². The number of carbonyl (C=O) groups is 1. The zero-order chi connectivity index (χ0) is 15.4. The predicted octanol–water partition coefficient (Wildman–Crippen LogP) is 3.78. The van der Waals surface area contributed by atoms with Crippen LogP contribution in [0.4, 0.5) is 5.69 Å². The van der Waals surface area contributed by atoms with Gasteiger partial charge in [0.2, 0.25) is 0 Å². The Kier molecular flexibility index (Phi) is 4.48. The van der Waals surface area contributed by atoms with Gasteiger partial charge in [0.1, 0.15) is 11.5 Å². The lowest BCUT2D eigenvalue weighted by Gasteiger charge is -2.14. The number of nitrogens with one attached hydrogen (secondary N) is 1. The SMILES string of the molecule is COc1ccc(C(=O)Nc2ccccc2C(C)C)c(O)c1. The van der Waals surface area contributed by atoms with E-state index in [0.717, 1.165) is 11.3 Å². The van der Waals surface area contributed by atoms with Crippen LogP contribution in [-0.2, 0) is 0 Å². The molecule has 0 aliphatic carbocycles. The van der Waals surface area contributed by atoms with Gasteiger partial charge >= 0.3 is 0 Å². The van der Waals surface area contributed by atoms with Gasteiger partial charge in [0, 0.05) is 11.8 Å². The summed E-state index contributed by atoms with van der Waals surface area (Å²) in [5, 5.41) is 12.8. The largest absolute Gasteiger partial charge is 0.507 e. The van der Waals surface area contributed by atoms with E-state index in [2.05, 4.69) is 19.2 Å². The van der Waals surface area contributed by atoms with Crippen LogP contribution in [0, 0.1) is 0 Å². The Hall–Kier alpha value is -2.49. The van der Waals surface area contributed by atoms with Crippen molar-refractivity contribution in [1.29, 1.82) is 0 Å². The van der Waals surface area contributed by atoms with Crippen LogP contribution < -0.4 is 10.1 Å².